The van der Waals surface area contributed by atoms with Crippen molar-refractivity contribution < 1.29 is 0 Å². The average molecular weight is 445 g/mol. The maximum atomic E-state index is 13.0. The molecule has 0 aliphatic heterocycles. The van der Waals surface area contributed by atoms with Crippen molar-refractivity contribution in [2.24, 2.45) is 0 Å². The van der Waals surface area contributed by atoms with Crippen molar-refractivity contribution in [3.8, 4) is 0 Å². The molecule has 0 amide bonds. The number of fused-ring (bicyclic) bond motifs is 1. The molecule has 0 saturated carbocycles. The van der Waals surface area contributed by atoms with E-state index in [4.69, 9.17) is 0 Å². The highest BCUT2D eigenvalue weighted by Crippen LogP contribution is 2.22. The summed E-state index contributed by atoms with van der Waals surface area (Å²) in [6.45, 7) is 14.1. The van der Waals surface area contributed by atoms with Gasteiger partial charge in [-0.25, -0.2) is 4.68 Å². The van der Waals surface area contributed by atoms with Gasteiger partial charge in [0.05, 0.1) is 17.6 Å². The van der Waals surface area contributed by atoms with E-state index in [-0.39, 0.29) is 11.1 Å². The molecule has 0 aliphatic carbocycles. The summed E-state index contributed by atoms with van der Waals surface area (Å²) in [4.78, 5) is 18.4. The van der Waals surface area contributed by atoms with Gasteiger partial charge in [-0.05, 0) is 74.7 Å². The molecule has 0 atom stereocenters. The number of nitrogens with zero attached hydrogens (tertiary/aromatic N) is 5. The van der Waals surface area contributed by atoms with Crippen LogP contribution in [0.4, 0.5) is 0 Å². The third kappa shape index (κ3) is 5.03. The topological polar surface area (TPSA) is 79.7 Å². The minimum absolute atomic E-state index is 0.0551. The van der Waals surface area contributed by atoms with Crippen molar-refractivity contribution in [3.05, 3.63) is 86.5 Å². The van der Waals surface area contributed by atoms with Crippen molar-refractivity contribution >= 4 is 10.9 Å². The zero-order valence-corrected chi connectivity index (χ0v) is 20.3. The minimum Gasteiger partial charge on any atom is -0.321 e. The van der Waals surface area contributed by atoms with Gasteiger partial charge in [0.15, 0.2) is 5.82 Å². The number of aromatic nitrogens is 5. The van der Waals surface area contributed by atoms with Crippen molar-refractivity contribution in [2.75, 3.05) is 0 Å². The highest BCUT2D eigenvalue weighted by atomic mass is 16.1. The highest BCUT2D eigenvalue weighted by molar-refractivity contribution is 5.85. The predicted octanol–water partition coefficient (Wildman–Crippen LogP) is 4.40. The molecule has 0 bridgehead atoms. The Balaban J connectivity index is 1.71. The molecule has 33 heavy (non-hydrogen) atoms. The van der Waals surface area contributed by atoms with E-state index < -0.39 is 0 Å². The lowest BCUT2D eigenvalue weighted by Gasteiger charge is -2.25. The Morgan fingerprint density at radius 2 is 1.64 bits per heavy atom. The third-order valence-corrected chi connectivity index (χ3v) is 5.98. The van der Waals surface area contributed by atoms with Gasteiger partial charge >= 0.3 is 0 Å². The van der Waals surface area contributed by atoms with Gasteiger partial charge in [0.1, 0.15) is 0 Å². The number of rotatable bonds is 6. The van der Waals surface area contributed by atoms with Crippen LogP contribution in [-0.4, -0.2) is 30.1 Å². The maximum Gasteiger partial charge on any atom is 0.252 e. The van der Waals surface area contributed by atoms with Crippen LogP contribution in [0.1, 0.15) is 54.4 Å². The molecule has 0 spiro atoms. The van der Waals surface area contributed by atoms with Gasteiger partial charge in [-0.1, -0.05) is 42.0 Å². The van der Waals surface area contributed by atoms with Crippen LogP contribution in [0, 0.1) is 20.8 Å². The Morgan fingerprint density at radius 1 is 0.939 bits per heavy atom. The van der Waals surface area contributed by atoms with Crippen molar-refractivity contribution in [2.45, 2.75) is 66.7 Å². The molecule has 0 saturated heterocycles. The SMILES string of the molecule is Cc1ccc(CN(Cc2cc3c(C)ccc(C)c3[nH]c2=O)Cc2nnnn2C(C)(C)C)cc1. The van der Waals surface area contributed by atoms with Gasteiger partial charge in [0.2, 0.25) is 0 Å². The fourth-order valence-electron chi connectivity index (χ4n) is 4.12. The second-order valence-corrected chi connectivity index (χ2v) is 9.92. The molecule has 2 aromatic heterocycles. The van der Waals surface area contributed by atoms with Crippen LogP contribution in [0.5, 0.6) is 0 Å². The van der Waals surface area contributed by atoms with Crippen LogP contribution in [0.3, 0.4) is 0 Å². The van der Waals surface area contributed by atoms with Gasteiger partial charge in [-0.2, -0.15) is 0 Å². The lowest BCUT2D eigenvalue weighted by molar-refractivity contribution is 0.223. The number of H-pyrrole nitrogens is 1. The molecule has 7 nitrogen and oxygen atoms in total. The number of hydrogen-bond donors (Lipinski definition) is 1. The Bertz CT molecular complexity index is 1330. The number of pyridine rings is 1. The molecule has 0 unspecified atom stereocenters. The molecule has 0 radical (unpaired) electrons. The Kier molecular flexibility index (Phi) is 6.17. The molecule has 172 valence electrons. The normalized spacial score (nSPS) is 12.1. The lowest BCUT2D eigenvalue weighted by atomic mass is 10.0. The van der Waals surface area contributed by atoms with Crippen LogP contribution in [0.2, 0.25) is 0 Å². The standard InChI is InChI=1S/C26H32N6O/c1-17-7-11-20(12-8-17)14-31(16-23-28-29-30-32(23)26(4,5)6)15-21-13-22-18(2)9-10-19(3)24(22)27-25(21)33/h7-13H,14-16H2,1-6H3,(H,27,33). The van der Waals surface area contributed by atoms with Crippen molar-refractivity contribution in [1.29, 1.82) is 0 Å². The maximum absolute atomic E-state index is 13.0. The van der Waals surface area contributed by atoms with Gasteiger partial charge in [0, 0.05) is 24.0 Å². The molecular weight excluding hydrogens is 412 g/mol. The molecule has 0 fully saturated rings. The van der Waals surface area contributed by atoms with Gasteiger partial charge in [0.25, 0.3) is 5.56 Å². The zero-order chi connectivity index (χ0) is 23.8. The van der Waals surface area contributed by atoms with Crippen molar-refractivity contribution in [3.63, 3.8) is 0 Å². The summed E-state index contributed by atoms with van der Waals surface area (Å²) < 4.78 is 1.85. The summed E-state index contributed by atoms with van der Waals surface area (Å²) in [5.74, 6) is 0.777. The van der Waals surface area contributed by atoms with E-state index in [9.17, 15) is 4.79 Å². The molecule has 4 rings (SSSR count). The van der Waals surface area contributed by atoms with E-state index in [2.05, 4.69) is 90.4 Å². The van der Waals surface area contributed by atoms with E-state index in [0.29, 0.717) is 19.6 Å². The molecular formula is C26H32N6O. The molecule has 1 N–H and O–H groups in total. The summed E-state index contributed by atoms with van der Waals surface area (Å²) >= 11 is 0. The Labute approximate surface area is 194 Å². The Hall–Kier alpha value is -3.32. The van der Waals surface area contributed by atoms with Crippen LogP contribution < -0.4 is 5.56 Å². The summed E-state index contributed by atoms with van der Waals surface area (Å²) in [6.07, 6.45) is 0. The Morgan fingerprint density at radius 3 is 2.33 bits per heavy atom. The van der Waals surface area contributed by atoms with Gasteiger partial charge in [-0.3, -0.25) is 9.69 Å². The first-order chi connectivity index (χ1) is 15.6. The van der Waals surface area contributed by atoms with E-state index in [1.807, 2.05) is 23.7 Å². The number of aryl methyl sites for hydroxylation is 3. The molecule has 4 aromatic rings. The number of nitrogens with one attached hydrogen (secondary N) is 1. The van der Waals surface area contributed by atoms with E-state index >= 15 is 0 Å². The van der Waals surface area contributed by atoms with Crippen molar-refractivity contribution in [1.82, 2.24) is 30.1 Å². The third-order valence-electron chi connectivity index (χ3n) is 5.98. The number of hydrogen-bond acceptors (Lipinski definition) is 5. The van der Waals surface area contributed by atoms with E-state index in [0.717, 1.165) is 33.4 Å². The summed E-state index contributed by atoms with van der Waals surface area (Å²) in [7, 11) is 0. The molecule has 0 aliphatic rings. The number of aromatic amines is 1. The second kappa shape index (κ2) is 8.90. The fraction of sp³-hybridized carbons (Fsp3) is 0.385. The fourth-order valence-corrected chi connectivity index (χ4v) is 4.12. The summed E-state index contributed by atoms with van der Waals surface area (Å²) in [5.41, 5.74) is 5.97. The molecule has 2 aromatic carbocycles. The summed E-state index contributed by atoms with van der Waals surface area (Å²) in [5, 5.41) is 13.5. The summed E-state index contributed by atoms with van der Waals surface area (Å²) in [6, 6.07) is 14.7. The highest BCUT2D eigenvalue weighted by Gasteiger charge is 2.22. The largest absolute Gasteiger partial charge is 0.321 e. The smallest absolute Gasteiger partial charge is 0.252 e. The van der Waals surface area contributed by atoms with E-state index in [1.54, 1.807) is 0 Å². The molecule has 2 heterocycles. The number of tetrazole rings is 1. The first kappa shape index (κ1) is 22.9. The number of benzene rings is 2. The first-order valence-electron chi connectivity index (χ1n) is 11.3. The van der Waals surface area contributed by atoms with E-state index in [1.165, 1.54) is 11.1 Å². The zero-order valence-electron chi connectivity index (χ0n) is 20.3. The monoisotopic (exact) mass is 444 g/mol. The van der Waals surface area contributed by atoms with Gasteiger partial charge < -0.3 is 4.98 Å². The van der Waals surface area contributed by atoms with Crippen LogP contribution in [0.25, 0.3) is 10.9 Å². The van der Waals surface area contributed by atoms with Crippen LogP contribution >= 0.6 is 0 Å². The molecule has 7 heteroatoms. The predicted molar refractivity (Wildman–Crippen MR) is 131 cm³/mol. The van der Waals surface area contributed by atoms with Gasteiger partial charge in [-0.15, -0.1) is 5.10 Å². The second-order valence-electron chi connectivity index (χ2n) is 9.92. The van der Waals surface area contributed by atoms with Crippen LogP contribution in [-0.2, 0) is 25.2 Å². The van der Waals surface area contributed by atoms with Crippen LogP contribution in [0.15, 0.2) is 47.3 Å². The lowest BCUT2D eigenvalue weighted by Crippen LogP contribution is -2.31. The first-order valence-corrected chi connectivity index (χ1v) is 11.3. The quantitative estimate of drug-likeness (QED) is 0.477. The average Bonchev–Trinajstić information content (AvgIpc) is 3.22. The minimum atomic E-state index is -0.233.